The first-order chi connectivity index (χ1) is 12.8. The third kappa shape index (κ3) is 6.16. The standard InChI is InChI=1S/C16H15BrF2N2O4S2/c17-11-6-5-10(9-12(11)25-8-7-15(18)19)16(22)21-27(24)14-4-2-1-3-13(14)26(20)23/h1-6,9,15H,7-8,20H2,(H,21,22). The summed E-state index contributed by atoms with van der Waals surface area (Å²) in [5, 5.41) is 5.35. The van der Waals surface area contributed by atoms with E-state index in [9.17, 15) is 22.0 Å². The molecule has 0 aliphatic rings. The van der Waals surface area contributed by atoms with E-state index in [1.54, 1.807) is 12.1 Å². The molecule has 11 heteroatoms. The Morgan fingerprint density at radius 2 is 1.85 bits per heavy atom. The molecule has 1 amide bonds. The van der Waals surface area contributed by atoms with Crippen molar-refractivity contribution in [3.05, 3.63) is 52.5 Å². The summed E-state index contributed by atoms with van der Waals surface area (Å²) in [7, 11) is -3.86. The highest BCUT2D eigenvalue weighted by molar-refractivity contribution is 9.10. The predicted molar refractivity (Wildman–Crippen MR) is 101 cm³/mol. The van der Waals surface area contributed by atoms with Crippen molar-refractivity contribution in [2.45, 2.75) is 22.6 Å². The van der Waals surface area contributed by atoms with Crippen molar-refractivity contribution in [3.8, 4) is 5.75 Å². The molecule has 2 unspecified atom stereocenters. The molecule has 0 saturated carbocycles. The lowest BCUT2D eigenvalue weighted by Crippen LogP contribution is -2.26. The van der Waals surface area contributed by atoms with E-state index in [-0.39, 0.29) is 27.7 Å². The molecule has 3 N–H and O–H groups in total. The molecule has 6 nitrogen and oxygen atoms in total. The lowest BCUT2D eigenvalue weighted by molar-refractivity contribution is 0.0980. The van der Waals surface area contributed by atoms with Crippen molar-refractivity contribution in [2.24, 2.45) is 5.14 Å². The number of nitrogens with one attached hydrogen (secondary N) is 1. The zero-order valence-corrected chi connectivity index (χ0v) is 16.9. The van der Waals surface area contributed by atoms with Crippen LogP contribution in [0.2, 0.25) is 0 Å². The molecule has 0 heterocycles. The Balaban J connectivity index is 2.14. The summed E-state index contributed by atoms with van der Waals surface area (Å²) in [6.07, 6.45) is -2.94. The van der Waals surface area contributed by atoms with Gasteiger partial charge in [-0.05, 0) is 46.3 Å². The van der Waals surface area contributed by atoms with Crippen LogP contribution in [0, 0.1) is 0 Å². The second-order valence-electron chi connectivity index (χ2n) is 5.12. The lowest BCUT2D eigenvalue weighted by Gasteiger charge is -2.11. The number of halogens is 3. The Hall–Kier alpha value is -1.69. The van der Waals surface area contributed by atoms with Gasteiger partial charge in [0.2, 0.25) is 6.43 Å². The van der Waals surface area contributed by atoms with Crippen LogP contribution in [0.1, 0.15) is 16.8 Å². The maximum absolute atomic E-state index is 12.4. The summed E-state index contributed by atoms with van der Waals surface area (Å²) in [5.41, 5.74) is 0.116. The van der Waals surface area contributed by atoms with Crippen LogP contribution in [0.15, 0.2) is 56.7 Å². The van der Waals surface area contributed by atoms with Crippen molar-refractivity contribution >= 4 is 43.8 Å². The largest absolute Gasteiger partial charge is 0.492 e. The molecule has 0 spiro atoms. The van der Waals surface area contributed by atoms with Crippen LogP contribution in [0.5, 0.6) is 5.75 Å². The quantitative estimate of drug-likeness (QED) is 0.606. The highest BCUT2D eigenvalue weighted by atomic mass is 79.9. The van der Waals surface area contributed by atoms with E-state index >= 15 is 0 Å². The number of hydrogen-bond acceptors (Lipinski definition) is 4. The number of nitrogens with two attached hydrogens (primary N) is 1. The molecule has 146 valence electrons. The summed E-state index contributed by atoms with van der Waals surface area (Å²) in [4.78, 5) is 12.6. The number of carbonyl (C=O) groups is 1. The number of alkyl halides is 2. The fourth-order valence-electron chi connectivity index (χ4n) is 1.98. The predicted octanol–water partition coefficient (Wildman–Crippen LogP) is 2.92. The van der Waals surface area contributed by atoms with E-state index in [4.69, 9.17) is 9.88 Å². The topological polar surface area (TPSA) is 98.5 Å². The van der Waals surface area contributed by atoms with Crippen LogP contribution < -0.4 is 14.6 Å². The Kier molecular flexibility index (Phi) is 8.02. The van der Waals surface area contributed by atoms with Crippen LogP contribution in [0.4, 0.5) is 8.78 Å². The molecule has 0 fully saturated rings. The molecular formula is C16H15BrF2N2O4S2. The Morgan fingerprint density at radius 3 is 2.48 bits per heavy atom. The van der Waals surface area contributed by atoms with Crippen LogP contribution in [0.25, 0.3) is 0 Å². The molecule has 2 aromatic carbocycles. The number of carbonyl (C=O) groups excluding carboxylic acids is 1. The molecule has 0 radical (unpaired) electrons. The Morgan fingerprint density at radius 1 is 1.19 bits per heavy atom. The van der Waals surface area contributed by atoms with E-state index in [2.05, 4.69) is 20.7 Å². The third-order valence-electron chi connectivity index (χ3n) is 3.24. The van der Waals surface area contributed by atoms with Crippen LogP contribution >= 0.6 is 15.9 Å². The molecule has 0 aromatic heterocycles. The third-order valence-corrected chi connectivity index (χ3v) is 5.94. The fourth-order valence-corrected chi connectivity index (χ4v) is 4.14. The lowest BCUT2D eigenvalue weighted by atomic mass is 10.2. The Bertz CT molecular complexity index is 883. The fraction of sp³-hybridized carbons (Fsp3) is 0.188. The molecule has 0 aliphatic heterocycles. The van der Waals surface area contributed by atoms with Gasteiger partial charge < -0.3 is 4.74 Å². The van der Waals surface area contributed by atoms with E-state index < -0.39 is 40.7 Å². The minimum absolute atomic E-state index is 0.116. The minimum Gasteiger partial charge on any atom is -0.492 e. The van der Waals surface area contributed by atoms with E-state index in [1.807, 2.05) is 0 Å². The summed E-state index contributed by atoms with van der Waals surface area (Å²) >= 11 is 3.21. The van der Waals surface area contributed by atoms with Crippen LogP contribution in [0.3, 0.4) is 0 Å². The van der Waals surface area contributed by atoms with Crippen molar-refractivity contribution in [1.82, 2.24) is 4.72 Å². The molecule has 0 bridgehead atoms. The highest BCUT2D eigenvalue weighted by Crippen LogP contribution is 2.26. The smallest absolute Gasteiger partial charge is 0.263 e. The maximum Gasteiger partial charge on any atom is 0.263 e. The number of ether oxygens (including phenoxy) is 1. The Labute approximate surface area is 167 Å². The zero-order chi connectivity index (χ0) is 20.0. The normalized spacial score (nSPS) is 13.2. The highest BCUT2D eigenvalue weighted by Gasteiger charge is 2.17. The van der Waals surface area contributed by atoms with Gasteiger partial charge in [-0.15, -0.1) is 0 Å². The summed E-state index contributed by atoms with van der Waals surface area (Å²) in [5.74, 6) is -0.477. The molecule has 0 aliphatic carbocycles. The van der Waals surface area contributed by atoms with Crippen LogP contribution in [-0.2, 0) is 22.0 Å². The molecule has 27 heavy (non-hydrogen) atoms. The minimum atomic E-state index is -2.49. The van der Waals surface area contributed by atoms with Gasteiger partial charge in [-0.25, -0.2) is 22.3 Å². The number of rotatable bonds is 8. The SMILES string of the molecule is NS(=O)c1ccccc1S(=O)NC(=O)c1ccc(Br)c(OCCC(F)F)c1. The summed E-state index contributed by atoms with van der Waals surface area (Å²) in [6.45, 7) is -0.219. The van der Waals surface area contributed by atoms with Crippen molar-refractivity contribution in [1.29, 1.82) is 0 Å². The molecule has 2 rings (SSSR count). The monoisotopic (exact) mass is 480 g/mol. The second-order valence-corrected chi connectivity index (χ2v) is 8.19. The van der Waals surface area contributed by atoms with Crippen LogP contribution in [-0.4, -0.2) is 27.4 Å². The van der Waals surface area contributed by atoms with Gasteiger partial charge in [0.25, 0.3) is 5.91 Å². The molecule has 0 saturated heterocycles. The second kappa shape index (κ2) is 10.0. The molecule has 2 aromatic rings. The van der Waals surface area contributed by atoms with Gasteiger partial charge >= 0.3 is 0 Å². The van der Waals surface area contributed by atoms with Crippen molar-refractivity contribution in [2.75, 3.05) is 6.61 Å². The van der Waals surface area contributed by atoms with Gasteiger partial charge in [-0.2, -0.15) is 0 Å². The van der Waals surface area contributed by atoms with Gasteiger partial charge in [-0.3, -0.25) is 9.52 Å². The van der Waals surface area contributed by atoms with E-state index in [0.717, 1.165) is 0 Å². The first kappa shape index (κ1) is 21.6. The van der Waals surface area contributed by atoms with Gasteiger partial charge in [0, 0.05) is 12.0 Å². The van der Waals surface area contributed by atoms with Gasteiger partial charge in [0.05, 0.1) is 20.9 Å². The zero-order valence-electron chi connectivity index (χ0n) is 13.7. The average Bonchev–Trinajstić information content (AvgIpc) is 2.62. The first-order valence-corrected chi connectivity index (χ1v) is 10.6. The number of amides is 1. The van der Waals surface area contributed by atoms with Crippen molar-refractivity contribution < 1.29 is 26.7 Å². The number of benzene rings is 2. The summed E-state index contributed by atoms with van der Waals surface area (Å²) in [6, 6.07) is 10.4. The average molecular weight is 481 g/mol. The maximum atomic E-state index is 12.4. The van der Waals surface area contributed by atoms with Crippen molar-refractivity contribution in [3.63, 3.8) is 0 Å². The molecule has 2 atom stereocenters. The molecular weight excluding hydrogens is 466 g/mol. The van der Waals surface area contributed by atoms with E-state index in [0.29, 0.717) is 4.47 Å². The van der Waals surface area contributed by atoms with Gasteiger partial charge in [0.1, 0.15) is 16.7 Å². The van der Waals surface area contributed by atoms with Gasteiger partial charge in [-0.1, -0.05) is 12.1 Å². The first-order valence-electron chi connectivity index (χ1n) is 7.48. The van der Waals surface area contributed by atoms with E-state index in [1.165, 1.54) is 30.3 Å². The number of hydrogen-bond donors (Lipinski definition) is 2. The van der Waals surface area contributed by atoms with Gasteiger partial charge in [0.15, 0.2) is 11.0 Å². The summed E-state index contributed by atoms with van der Waals surface area (Å²) < 4.78 is 56.4.